The number of hydrogen-bond acceptors (Lipinski definition) is 0. The third-order valence-corrected chi connectivity index (χ3v) is 8.90. The minimum absolute atomic E-state index is 0.684. The van der Waals surface area contributed by atoms with Crippen molar-refractivity contribution in [2.24, 2.45) is 11.8 Å². The molecule has 0 N–H and O–H groups in total. The number of rotatable bonds is 11. The highest BCUT2D eigenvalue weighted by Crippen LogP contribution is 2.43. The first-order valence-corrected chi connectivity index (χ1v) is 14.5. The average Bonchev–Trinajstić information content (AvgIpc) is 3.34. The highest BCUT2D eigenvalue weighted by molar-refractivity contribution is 5.47. The van der Waals surface area contributed by atoms with Gasteiger partial charge in [-0.3, -0.25) is 0 Å². The number of hydrogen-bond donors (Lipinski definition) is 0. The molecule has 0 bridgehead atoms. The van der Waals surface area contributed by atoms with E-state index in [1.165, 1.54) is 77.0 Å². The van der Waals surface area contributed by atoms with E-state index >= 15 is 0 Å². The van der Waals surface area contributed by atoms with Crippen molar-refractivity contribution in [2.45, 2.75) is 117 Å². The molecular formula is C34H48. The summed E-state index contributed by atoms with van der Waals surface area (Å²) in [5.74, 6) is 2.90. The molecule has 0 aliphatic heterocycles. The second kappa shape index (κ2) is 12.2. The fraction of sp³-hybridized carbons (Fsp3) is 0.588. The lowest BCUT2D eigenvalue weighted by Gasteiger charge is -2.30. The van der Waals surface area contributed by atoms with Gasteiger partial charge in [-0.05, 0) is 115 Å². The van der Waals surface area contributed by atoms with Crippen molar-refractivity contribution in [1.29, 1.82) is 0 Å². The maximum Gasteiger partial charge on any atom is -0.0159 e. The van der Waals surface area contributed by atoms with Gasteiger partial charge in [0.05, 0.1) is 0 Å². The quantitative estimate of drug-likeness (QED) is 0.310. The minimum Gasteiger partial charge on any atom is -0.0654 e. The van der Waals surface area contributed by atoms with Crippen molar-refractivity contribution in [3.8, 4) is 0 Å². The fourth-order valence-corrected chi connectivity index (χ4v) is 6.86. The summed E-state index contributed by atoms with van der Waals surface area (Å²) in [7, 11) is 0. The van der Waals surface area contributed by atoms with E-state index in [4.69, 9.17) is 0 Å². The van der Waals surface area contributed by atoms with E-state index in [1.54, 1.807) is 33.4 Å². The third-order valence-electron chi connectivity index (χ3n) is 8.90. The number of aryl methyl sites for hydroxylation is 2. The van der Waals surface area contributed by atoms with Crippen LogP contribution in [-0.2, 0) is 12.8 Å². The monoisotopic (exact) mass is 456 g/mol. The van der Waals surface area contributed by atoms with E-state index < -0.39 is 0 Å². The SMILES string of the molecule is CCCC(CC)C1=C(CC(C)CC(CC)c2cc3c(cc2C2CCCC2)CC3)C=CC=CC=C1. The summed E-state index contributed by atoms with van der Waals surface area (Å²) in [5.41, 5.74) is 9.95. The molecule has 0 radical (unpaired) electrons. The van der Waals surface area contributed by atoms with Gasteiger partial charge in [0.15, 0.2) is 0 Å². The van der Waals surface area contributed by atoms with Crippen LogP contribution in [0.4, 0.5) is 0 Å². The van der Waals surface area contributed by atoms with Gasteiger partial charge in [-0.2, -0.15) is 0 Å². The van der Waals surface area contributed by atoms with Gasteiger partial charge < -0.3 is 0 Å². The molecule has 184 valence electrons. The Labute approximate surface area is 210 Å². The lowest BCUT2D eigenvalue weighted by Crippen LogP contribution is -2.16. The predicted molar refractivity (Wildman–Crippen MR) is 150 cm³/mol. The Balaban J connectivity index is 1.56. The van der Waals surface area contributed by atoms with Gasteiger partial charge in [0, 0.05) is 0 Å². The molecule has 0 heteroatoms. The first-order valence-electron chi connectivity index (χ1n) is 14.5. The Bertz CT molecular complexity index is 931. The average molecular weight is 457 g/mol. The van der Waals surface area contributed by atoms with Crippen molar-refractivity contribution in [3.05, 3.63) is 82.0 Å². The van der Waals surface area contributed by atoms with Gasteiger partial charge in [-0.1, -0.05) is 95.5 Å². The molecule has 0 aromatic heterocycles. The maximum atomic E-state index is 2.65. The zero-order chi connectivity index (χ0) is 23.9. The molecule has 0 spiro atoms. The molecule has 1 saturated carbocycles. The van der Waals surface area contributed by atoms with Crippen LogP contribution in [0.1, 0.15) is 126 Å². The normalized spacial score (nSPS) is 20.6. The van der Waals surface area contributed by atoms with Gasteiger partial charge in [0.2, 0.25) is 0 Å². The smallest absolute Gasteiger partial charge is 0.0159 e. The van der Waals surface area contributed by atoms with Gasteiger partial charge in [0.1, 0.15) is 0 Å². The van der Waals surface area contributed by atoms with Crippen LogP contribution in [0.3, 0.4) is 0 Å². The number of allylic oxidation sites excluding steroid dienone is 8. The van der Waals surface area contributed by atoms with E-state index in [0.717, 1.165) is 5.92 Å². The lowest BCUT2D eigenvalue weighted by atomic mass is 9.75. The van der Waals surface area contributed by atoms with Crippen molar-refractivity contribution in [3.63, 3.8) is 0 Å². The summed E-state index contributed by atoms with van der Waals surface area (Å²) in [6, 6.07) is 5.29. The van der Waals surface area contributed by atoms with Crippen molar-refractivity contribution in [1.82, 2.24) is 0 Å². The molecule has 1 aromatic carbocycles. The van der Waals surface area contributed by atoms with Crippen molar-refractivity contribution < 1.29 is 0 Å². The molecule has 3 atom stereocenters. The second-order valence-corrected chi connectivity index (χ2v) is 11.4. The Morgan fingerprint density at radius 2 is 1.50 bits per heavy atom. The first-order chi connectivity index (χ1) is 16.6. The molecule has 34 heavy (non-hydrogen) atoms. The van der Waals surface area contributed by atoms with E-state index in [2.05, 4.69) is 76.3 Å². The summed E-state index contributed by atoms with van der Waals surface area (Å²) < 4.78 is 0. The molecular weight excluding hydrogens is 408 g/mol. The zero-order valence-electron chi connectivity index (χ0n) is 22.4. The molecule has 3 unspecified atom stereocenters. The zero-order valence-corrected chi connectivity index (χ0v) is 22.4. The Kier molecular flexibility index (Phi) is 9.10. The fourth-order valence-electron chi connectivity index (χ4n) is 6.86. The van der Waals surface area contributed by atoms with Gasteiger partial charge in [0.25, 0.3) is 0 Å². The highest BCUT2D eigenvalue weighted by Gasteiger charge is 2.27. The largest absolute Gasteiger partial charge is 0.0654 e. The summed E-state index contributed by atoms with van der Waals surface area (Å²) in [4.78, 5) is 0. The van der Waals surface area contributed by atoms with Crippen LogP contribution < -0.4 is 0 Å². The third kappa shape index (κ3) is 5.87. The topological polar surface area (TPSA) is 0 Å². The van der Waals surface area contributed by atoms with Crippen LogP contribution >= 0.6 is 0 Å². The van der Waals surface area contributed by atoms with E-state index in [0.29, 0.717) is 17.8 Å². The molecule has 3 aliphatic rings. The van der Waals surface area contributed by atoms with Crippen molar-refractivity contribution in [2.75, 3.05) is 0 Å². The predicted octanol–water partition coefficient (Wildman–Crippen LogP) is 10.2. The molecule has 1 fully saturated rings. The standard InChI is InChI=1S/C34H48/c1-5-14-26(6-2)32-18-11-9-8-10-17-31(32)22-25(4)21-27(7-3)33-23-29-19-20-30(29)24-34(33)28-15-12-13-16-28/h8-11,17-18,23-28H,5-7,12-16,19-22H2,1-4H3. The van der Waals surface area contributed by atoms with Crippen LogP contribution in [0.15, 0.2) is 59.7 Å². The van der Waals surface area contributed by atoms with Crippen LogP contribution in [0.25, 0.3) is 0 Å². The van der Waals surface area contributed by atoms with E-state index in [1.807, 2.05) is 0 Å². The second-order valence-electron chi connectivity index (χ2n) is 11.4. The summed E-state index contributed by atoms with van der Waals surface area (Å²) >= 11 is 0. The van der Waals surface area contributed by atoms with Gasteiger partial charge >= 0.3 is 0 Å². The number of fused-ring (bicyclic) bond motifs is 1. The Hall–Kier alpha value is -1.82. The molecule has 4 rings (SSSR count). The van der Waals surface area contributed by atoms with Crippen LogP contribution in [0, 0.1) is 11.8 Å². The lowest BCUT2D eigenvalue weighted by molar-refractivity contribution is 0.448. The minimum atomic E-state index is 0.684. The molecule has 3 aliphatic carbocycles. The number of benzene rings is 1. The van der Waals surface area contributed by atoms with E-state index in [-0.39, 0.29) is 0 Å². The van der Waals surface area contributed by atoms with E-state index in [9.17, 15) is 0 Å². The Morgan fingerprint density at radius 1 is 0.824 bits per heavy atom. The molecule has 1 aromatic rings. The molecule has 0 heterocycles. The maximum absolute atomic E-state index is 2.65. The molecule has 0 nitrogen and oxygen atoms in total. The summed E-state index contributed by atoms with van der Waals surface area (Å²) in [5, 5.41) is 0. The Morgan fingerprint density at radius 3 is 2.15 bits per heavy atom. The first kappa shape index (κ1) is 25.3. The molecule has 0 amide bonds. The summed E-state index contributed by atoms with van der Waals surface area (Å²) in [6.45, 7) is 9.63. The summed E-state index contributed by atoms with van der Waals surface area (Å²) in [6.07, 6.45) is 29.6. The van der Waals surface area contributed by atoms with Crippen molar-refractivity contribution >= 4 is 0 Å². The van der Waals surface area contributed by atoms with Crippen LogP contribution in [0.5, 0.6) is 0 Å². The highest BCUT2D eigenvalue weighted by atomic mass is 14.3. The van der Waals surface area contributed by atoms with Crippen LogP contribution in [0.2, 0.25) is 0 Å². The van der Waals surface area contributed by atoms with Gasteiger partial charge in [-0.15, -0.1) is 0 Å². The van der Waals surface area contributed by atoms with Gasteiger partial charge in [-0.25, -0.2) is 0 Å². The molecule has 0 saturated heterocycles. The van der Waals surface area contributed by atoms with Crippen LogP contribution in [-0.4, -0.2) is 0 Å².